The molecule has 6 rings (SSSR count). The number of piperidine rings is 1. The van der Waals surface area contributed by atoms with Crippen molar-refractivity contribution in [1.82, 2.24) is 4.90 Å². The molecule has 3 aliphatic heterocycles. The number of hydrogen-bond donors (Lipinski definition) is 3. The molecule has 1 atom stereocenters. The third kappa shape index (κ3) is 7.63. The average molecular weight is 635 g/mol. The molecule has 0 aromatic heterocycles. The van der Waals surface area contributed by atoms with Crippen LogP contribution >= 0.6 is 0 Å². The van der Waals surface area contributed by atoms with Crippen molar-refractivity contribution in [3.63, 3.8) is 0 Å². The lowest BCUT2D eigenvalue weighted by Gasteiger charge is -2.37. The Hall–Kier alpha value is -3.30. The Labute approximate surface area is 274 Å². The fourth-order valence-electron chi connectivity index (χ4n) is 7.92. The van der Waals surface area contributed by atoms with Crippen LogP contribution in [-0.4, -0.2) is 86.4 Å². The third-order valence-electron chi connectivity index (χ3n) is 10.9. The summed E-state index contributed by atoms with van der Waals surface area (Å²) in [5.41, 5.74) is 3.45. The number of nitrogens with two attached hydrogens (primary N) is 2. The van der Waals surface area contributed by atoms with Crippen LogP contribution < -0.4 is 25.0 Å². The van der Waals surface area contributed by atoms with E-state index in [1.165, 1.54) is 18.4 Å². The van der Waals surface area contributed by atoms with Crippen molar-refractivity contribution in [2.45, 2.75) is 83.8 Å². The predicted octanol–water partition coefficient (Wildman–Crippen LogP) is 3.49. The Bertz CT molecular complexity index is 1360. The smallest absolute Gasteiger partial charge is 0.339 e. The second kappa shape index (κ2) is 14.2. The molecule has 3 saturated heterocycles. The number of carbonyl (C=O) groups excluding carboxylic acids is 1. The molecule has 4 aliphatic rings. The largest absolute Gasteiger partial charge is 0.489 e. The van der Waals surface area contributed by atoms with Crippen LogP contribution in [0, 0.1) is 11.3 Å². The lowest BCUT2D eigenvalue weighted by atomic mass is 9.68. The maximum Gasteiger partial charge on any atom is 0.339 e. The minimum Gasteiger partial charge on any atom is -0.489 e. The zero-order chi connectivity index (χ0) is 32.3. The van der Waals surface area contributed by atoms with Crippen molar-refractivity contribution in [3.8, 4) is 11.5 Å². The van der Waals surface area contributed by atoms with Gasteiger partial charge in [0.1, 0.15) is 29.7 Å². The summed E-state index contributed by atoms with van der Waals surface area (Å²) in [6, 6.07) is 11.6. The maximum atomic E-state index is 13.9. The lowest BCUT2D eigenvalue weighted by Crippen LogP contribution is -2.89. The highest BCUT2D eigenvalue weighted by Crippen LogP contribution is 2.45. The zero-order valence-electron chi connectivity index (χ0n) is 28.0. The number of benzene rings is 2. The normalized spacial score (nSPS) is 24.5. The molecular formula is C37H54N4O5+2. The predicted molar refractivity (Wildman–Crippen MR) is 178 cm³/mol. The van der Waals surface area contributed by atoms with Gasteiger partial charge in [0.2, 0.25) is 0 Å². The monoisotopic (exact) mass is 634 g/mol. The lowest BCUT2D eigenvalue weighted by molar-refractivity contribution is -0.655. The molecule has 9 nitrogen and oxygen atoms in total. The van der Waals surface area contributed by atoms with E-state index in [2.05, 4.69) is 42.4 Å². The first-order valence-corrected chi connectivity index (χ1v) is 17.7. The van der Waals surface area contributed by atoms with Crippen molar-refractivity contribution in [2.75, 3.05) is 57.3 Å². The number of carboxylic acids is 1. The van der Waals surface area contributed by atoms with Crippen LogP contribution in [0.4, 0.5) is 5.69 Å². The quantitative estimate of drug-likeness (QED) is 0.410. The number of amides is 1. The molecule has 0 spiro atoms. The van der Waals surface area contributed by atoms with Crippen molar-refractivity contribution in [3.05, 3.63) is 53.1 Å². The summed E-state index contributed by atoms with van der Waals surface area (Å²) in [6.45, 7) is 14.2. The summed E-state index contributed by atoms with van der Waals surface area (Å²) >= 11 is 0. The van der Waals surface area contributed by atoms with E-state index in [0.717, 1.165) is 81.4 Å². The molecule has 1 saturated carbocycles. The minimum atomic E-state index is -0.984. The summed E-state index contributed by atoms with van der Waals surface area (Å²) in [5, 5.41) is 14.5. The highest BCUT2D eigenvalue weighted by Gasteiger charge is 2.33. The highest BCUT2D eigenvalue weighted by molar-refractivity contribution is 5.95. The molecule has 5 N–H and O–H groups in total. The van der Waals surface area contributed by atoms with E-state index in [-0.39, 0.29) is 23.7 Å². The summed E-state index contributed by atoms with van der Waals surface area (Å²) in [5.74, 6) is 1.59. The number of nitrogens with zero attached hydrogens (tertiary/aromatic N) is 2. The van der Waals surface area contributed by atoms with E-state index in [9.17, 15) is 14.7 Å². The maximum absolute atomic E-state index is 13.9. The van der Waals surface area contributed by atoms with Crippen LogP contribution in [0.3, 0.4) is 0 Å². The Morgan fingerprint density at radius 3 is 2.15 bits per heavy atom. The van der Waals surface area contributed by atoms with Gasteiger partial charge in [0.25, 0.3) is 5.91 Å². The van der Waals surface area contributed by atoms with Crippen molar-refractivity contribution < 1.29 is 34.8 Å². The van der Waals surface area contributed by atoms with Crippen LogP contribution in [0.5, 0.6) is 11.5 Å². The van der Waals surface area contributed by atoms with E-state index in [0.29, 0.717) is 43.0 Å². The Morgan fingerprint density at radius 2 is 1.50 bits per heavy atom. The van der Waals surface area contributed by atoms with Crippen molar-refractivity contribution >= 4 is 17.6 Å². The van der Waals surface area contributed by atoms with Crippen LogP contribution in [0.25, 0.3) is 0 Å². The number of likely N-dealkylation sites (tertiary alicyclic amines) is 1. The Kier molecular flexibility index (Phi) is 10.1. The molecule has 46 heavy (non-hydrogen) atoms. The number of ether oxygens (including phenoxy) is 2. The third-order valence-corrected chi connectivity index (χ3v) is 10.9. The molecule has 3 heterocycles. The van der Waals surface area contributed by atoms with Gasteiger partial charge in [-0.25, -0.2) is 4.79 Å². The van der Waals surface area contributed by atoms with Crippen LogP contribution in [0.15, 0.2) is 36.4 Å². The van der Waals surface area contributed by atoms with Gasteiger partial charge in [-0.1, -0.05) is 20.8 Å². The van der Waals surface area contributed by atoms with Gasteiger partial charge in [-0.3, -0.25) is 4.79 Å². The first-order valence-electron chi connectivity index (χ1n) is 17.7. The molecule has 0 bridgehead atoms. The molecular weight excluding hydrogens is 580 g/mol. The van der Waals surface area contributed by atoms with E-state index in [4.69, 9.17) is 9.47 Å². The first kappa shape index (κ1) is 32.6. The number of hydrogen-bond acceptors (Lipinski definition) is 5. The van der Waals surface area contributed by atoms with Crippen molar-refractivity contribution in [1.29, 1.82) is 0 Å². The van der Waals surface area contributed by atoms with Gasteiger partial charge in [0, 0.05) is 49.7 Å². The number of anilines is 1. The Balaban J connectivity index is 1.12. The van der Waals surface area contributed by atoms with Crippen LogP contribution in [-0.2, 0) is 0 Å². The molecule has 0 radical (unpaired) electrons. The molecule has 0 unspecified atom stereocenters. The summed E-state index contributed by atoms with van der Waals surface area (Å²) in [7, 11) is 0. The second-order valence-electron chi connectivity index (χ2n) is 15.0. The molecule has 9 heteroatoms. The van der Waals surface area contributed by atoms with E-state index < -0.39 is 5.97 Å². The molecule has 250 valence electrons. The molecule has 1 amide bonds. The van der Waals surface area contributed by atoms with E-state index in [1.807, 2.05) is 29.2 Å². The van der Waals surface area contributed by atoms with Gasteiger partial charge < -0.3 is 35.0 Å². The van der Waals surface area contributed by atoms with Gasteiger partial charge in [-0.15, -0.1) is 0 Å². The fraction of sp³-hybridized carbons (Fsp3) is 0.622. The SMILES string of the molecule is CC(C)(C)C1CCC(c2cc(C(=O)N3CCC(Oc4cc(N5CC[NH2+]CC5)ccc4C(=O)O)CC3)ccc2O[C@H]2CC[NH2+]C2)CC1. The fourth-order valence-corrected chi connectivity index (χ4v) is 7.92. The van der Waals surface area contributed by atoms with Gasteiger partial charge >= 0.3 is 5.97 Å². The van der Waals surface area contributed by atoms with Gasteiger partial charge in [0.15, 0.2) is 6.10 Å². The Morgan fingerprint density at radius 1 is 0.783 bits per heavy atom. The van der Waals surface area contributed by atoms with Gasteiger partial charge in [0.05, 0.1) is 32.7 Å². The standard InChI is InChI=1S/C37H52N4O5/c1-37(2,3)27-7-4-25(5-8-27)32-22-26(6-11-33(32)46-30-12-15-39-24-30)35(42)41-18-13-29(14-19-41)45-34-23-28(9-10-31(34)36(43)44)40-20-16-38-17-21-40/h6,9-11,22-23,25,27,29-30,38-39H,4-5,7-8,12-21,24H2,1-3H3,(H,43,44)/p+2/t25?,27?,30-/m0/s1. The number of rotatable bonds is 8. The van der Waals surface area contributed by atoms with Crippen molar-refractivity contribution in [2.24, 2.45) is 11.3 Å². The molecule has 1 aliphatic carbocycles. The zero-order valence-corrected chi connectivity index (χ0v) is 28.0. The van der Waals surface area contributed by atoms with Gasteiger partial charge in [-0.05, 0) is 78.8 Å². The highest BCUT2D eigenvalue weighted by atomic mass is 16.5. The average Bonchev–Trinajstić information content (AvgIpc) is 3.58. The molecule has 4 fully saturated rings. The topological polar surface area (TPSA) is 113 Å². The molecule has 2 aromatic rings. The molecule has 2 aromatic carbocycles. The summed E-state index contributed by atoms with van der Waals surface area (Å²) in [4.78, 5) is 30.1. The van der Waals surface area contributed by atoms with Crippen LogP contribution in [0.2, 0.25) is 0 Å². The second-order valence-corrected chi connectivity index (χ2v) is 15.0. The number of carboxylic acid groups (broad SMARTS) is 1. The van der Waals surface area contributed by atoms with Gasteiger partial charge in [-0.2, -0.15) is 0 Å². The van der Waals surface area contributed by atoms with Crippen LogP contribution in [0.1, 0.15) is 97.9 Å². The van der Waals surface area contributed by atoms with E-state index >= 15 is 0 Å². The minimum absolute atomic E-state index is 0.0546. The van der Waals surface area contributed by atoms with E-state index in [1.54, 1.807) is 6.07 Å². The number of carbonyl (C=O) groups is 2. The first-order chi connectivity index (χ1) is 22.2. The number of aromatic carboxylic acids is 1. The summed E-state index contributed by atoms with van der Waals surface area (Å²) in [6.07, 6.45) is 7.15. The number of piperazine rings is 1. The number of quaternary nitrogens is 2. The summed E-state index contributed by atoms with van der Waals surface area (Å²) < 4.78 is 12.9.